The van der Waals surface area contributed by atoms with Gasteiger partial charge < -0.3 is 15.8 Å². The first-order valence-electron chi connectivity index (χ1n) is 8.41. The number of amides is 2. The van der Waals surface area contributed by atoms with Crippen LogP contribution in [0.15, 0.2) is 48.5 Å². The first-order chi connectivity index (χ1) is 12.5. The first kappa shape index (κ1) is 19.4. The maximum Gasteiger partial charge on any atom is 0.222 e. The Labute approximate surface area is 152 Å². The van der Waals surface area contributed by atoms with Crippen LogP contribution in [-0.4, -0.2) is 25.5 Å². The molecule has 0 saturated carbocycles. The molecule has 1 atom stereocenters. The average molecular weight is 358 g/mol. The molecular weight excluding hydrogens is 335 g/mol. The van der Waals surface area contributed by atoms with Gasteiger partial charge in [0.25, 0.3) is 0 Å². The van der Waals surface area contributed by atoms with Gasteiger partial charge in [-0.3, -0.25) is 9.59 Å². The zero-order valence-electron chi connectivity index (χ0n) is 14.7. The number of carbonyl (C=O) groups excluding carboxylic acids is 2. The molecule has 5 nitrogen and oxygen atoms in total. The number of primary amides is 1. The molecule has 2 aromatic carbocycles. The van der Waals surface area contributed by atoms with Gasteiger partial charge in [-0.05, 0) is 48.2 Å². The molecular formula is C20H23FN2O3. The van der Waals surface area contributed by atoms with Crippen molar-refractivity contribution >= 4 is 11.8 Å². The maximum atomic E-state index is 12.9. The minimum atomic E-state index is -0.537. The predicted molar refractivity (Wildman–Crippen MR) is 97.1 cm³/mol. The number of hydrogen-bond acceptors (Lipinski definition) is 3. The number of nitrogens with one attached hydrogen (secondary N) is 1. The normalized spacial score (nSPS) is 11.6. The number of nitrogens with two attached hydrogens (primary N) is 1. The highest BCUT2D eigenvalue weighted by molar-refractivity contribution is 5.80. The SMILES string of the molecule is COc1ccc(CCC(=O)NCC(Cc2ccc(F)cc2)C(N)=O)cc1. The molecule has 2 aromatic rings. The first-order valence-corrected chi connectivity index (χ1v) is 8.41. The van der Waals surface area contributed by atoms with Crippen LogP contribution >= 0.6 is 0 Å². The lowest BCUT2D eigenvalue weighted by atomic mass is 9.98. The third kappa shape index (κ3) is 6.20. The van der Waals surface area contributed by atoms with Crippen LogP contribution in [0.2, 0.25) is 0 Å². The average Bonchev–Trinajstić information content (AvgIpc) is 2.65. The maximum absolute atomic E-state index is 12.9. The molecule has 0 saturated heterocycles. The number of methoxy groups -OCH3 is 1. The van der Waals surface area contributed by atoms with Crippen LogP contribution in [0.4, 0.5) is 4.39 Å². The zero-order valence-corrected chi connectivity index (χ0v) is 14.7. The summed E-state index contributed by atoms with van der Waals surface area (Å²) in [6, 6.07) is 13.4. The summed E-state index contributed by atoms with van der Waals surface area (Å²) in [6.07, 6.45) is 1.26. The van der Waals surface area contributed by atoms with E-state index in [4.69, 9.17) is 10.5 Å². The third-order valence-corrected chi connectivity index (χ3v) is 4.14. The van der Waals surface area contributed by atoms with Crippen molar-refractivity contribution in [2.24, 2.45) is 11.7 Å². The topological polar surface area (TPSA) is 81.4 Å². The van der Waals surface area contributed by atoms with Crippen LogP contribution in [0, 0.1) is 11.7 Å². The second-order valence-corrected chi connectivity index (χ2v) is 6.08. The van der Waals surface area contributed by atoms with Gasteiger partial charge in [-0.15, -0.1) is 0 Å². The van der Waals surface area contributed by atoms with E-state index in [1.165, 1.54) is 12.1 Å². The van der Waals surface area contributed by atoms with E-state index >= 15 is 0 Å². The lowest BCUT2D eigenvalue weighted by molar-refractivity contribution is -0.123. The summed E-state index contributed by atoms with van der Waals surface area (Å²) in [7, 11) is 1.60. The summed E-state index contributed by atoms with van der Waals surface area (Å²) in [5.41, 5.74) is 7.24. The molecule has 0 aromatic heterocycles. The van der Waals surface area contributed by atoms with Gasteiger partial charge in [0.2, 0.25) is 11.8 Å². The molecule has 0 bridgehead atoms. The van der Waals surface area contributed by atoms with Gasteiger partial charge in [-0.25, -0.2) is 4.39 Å². The molecule has 0 aliphatic carbocycles. The lowest BCUT2D eigenvalue weighted by Gasteiger charge is -2.14. The van der Waals surface area contributed by atoms with Crippen molar-refractivity contribution in [3.63, 3.8) is 0 Å². The molecule has 0 aliphatic rings. The van der Waals surface area contributed by atoms with Crippen molar-refractivity contribution in [3.05, 3.63) is 65.5 Å². The molecule has 0 heterocycles. The molecule has 0 radical (unpaired) electrons. The van der Waals surface area contributed by atoms with Gasteiger partial charge in [-0.2, -0.15) is 0 Å². The number of aryl methyl sites for hydroxylation is 1. The zero-order chi connectivity index (χ0) is 18.9. The smallest absolute Gasteiger partial charge is 0.222 e. The highest BCUT2D eigenvalue weighted by Gasteiger charge is 2.17. The van der Waals surface area contributed by atoms with E-state index in [2.05, 4.69) is 5.32 Å². The second-order valence-electron chi connectivity index (χ2n) is 6.08. The van der Waals surface area contributed by atoms with Crippen LogP contribution < -0.4 is 15.8 Å². The summed E-state index contributed by atoms with van der Waals surface area (Å²) < 4.78 is 18.0. The van der Waals surface area contributed by atoms with Crippen molar-refractivity contribution in [1.82, 2.24) is 5.32 Å². The van der Waals surface area contributed by atoms with E-state index in [0.29, 0.717) is 19.3 Å². The molecule has 0 aliphatic heterocycles. The van der Waals surface area contributed by atoms with E-state index in [1.54, 1.807) is 19.2 Å². The van der Waals surface area contributed by atoms with Gasteiger partial charge in [-0.1, -0.05) is 24.3 Å². The second kappa shape index (κ2) is 9.56. The number of benzene rings is 2. The minimum absolute atomic E-state index is 0.147. The Morgan fingerprint density at radius 2 is 1.69 bits per heavy atom. The summed E-state index contributed by atoms with van der Waals surface area (Å²) in [6.45, 7) is 0.161. The summed E-state index contributed by atoms with van der Waals surface area (Å²) in [4.78, 5) is 23.6. The van der Waals surface area contributed by atoms with Crippen molar-refractivity contribution in [2.45, 2.75) is 19.3 Å². The predicted octanol–water partition coefficient (Wildman–Crippen LogP) is 2.23. The highest BCUT2D eigenvalue weighted by Crippen LogP contribution is 2.13. The lowest BCUT2D eigenvalue weighted by Crippen LogP contribution is -2.37. The number of rotatable bonds is 9. The number of halogens is 1. The summed E-state index contributed by atoms with van der Waals surface area (Å²) in [5.74, 6) is -0.749. The fourth-order valence-corrected chi connectivity index (χ4v) is 2.55. The summed E-state index contributed by atoms with van der Waals surface area (Å²) in [5, 5.41) is 2.75. The Hall–Kier alpha value is -2.89. The Morgan fingerprint density at radius 3 is 2.27 bits per heavy atom. The number of hydrogen-bond donors (Lipinski definition) is 2. The fourth-order valence-electron chi connectivity index (χ4n) is 2.55. The monoisotopic (exact) mass is 358 g/mol. The molecule has 2 rings (SSSR count). The summed E-state index contributed by atoms with van der Waals surface area (Å²) >= 11 is 0. The van der Waals surface area contributed by atoms with Crippen LogP contribution in [0.25, 0.3) is 0 Å². The van der Waals surface area contributed by atoms with Gasteiger partial charge in [0.15, 0.2) is 0 Å². The van der Waals surface area contributed by atoms with Crippen LogP contribution in [-0.2, 0) is 22.4 Å². The van der Waals surface area contributed by atoms with Crippen molar-refractivity contribution in [1.29, 1.82) is 0 Å². The molecule has 2 amide bonds. The van der Waals surface area contributed by atoms with Gasteiger partial charge in [0.05, 0.1) is 13.0 Å². The molecule has 0 fully saturated rings. The van der Waals surface area contributed by atoms with E-state index < -0.39 is 11.8 Å². The van der Waals surface area contributed by atoms with E-state index in [9.17, 15) is 14.0 Å². The van der Waals surface area contributed by atoms with Crippen molar-refractivity contribution in [2.75, 3.05) is 13.7 Å². The van der Waals surface area contributed by atoms with Crippen molar-refractivity contribution in [3.8, 4) is 5.75 Å². The van der Waals surface area contributed by atoms with E-state index in [0.717, 1.165) is 16.9 Å². The third-order valence-electron chi connectivity index (χ3n) is 4.14. The Balaban J connectivity index is 1.80. The quantitative estimate of drug-likeness (QED) is 0.721. The van der Waals surface area contributed by atoms with Crippen LogP contribution in [0.5, 0.6) is 5.75 Å². The van der Waals surface area contributed by atoms with E-state index in [1.807, 2.05) is 24.3 Å². The molecule has 138 valence electrons. The fraction of sp³-hybridized carbons (Fsp3) is 0.300. The molecule has 3 N–H and O–H groups in total. The van der Waals surface area contributed by atoms with Crippen LogP contribution in [0.1, 0.15) is 17.5 Å². The highest BCUT2D eigenvalue weighted by atomic mass is 19.1. The standard InChI is InChI=1S/C20H23FN2O3/c1-26-18-9-4-14(5-10-18)6-11-19(24)23-13-16(20(22)25)12-15-2-7-17(21)8-3-15/h2-5,7-10,16H,6,11-13H2,1H3,(H2,22,25)(H,23,24). The Morgan fingerprint density at radius 1 is 1.08 bits per heavy atom. The number of carbonyl (C=O) groups is 2. The van der Waals surface area contributed by atoms with Crippen LogP contribution in [0.3, 0.4) is 0 Å². The van der Waals surface area contributed by atoms with Gasteiger partial charge in [0.1, 0.15) is 11.6 Å². The molecule has 26 heavy (non-hydrogen) atoms. The Kier molecular flexibility index (Phi) is 7.14. The molecule has 1 unspecified atom stereocenters. The number of ether oxygens (including phenoxy) is 1. The molecule has 0 spiro atoms. The van der Waals surface area contributed by atoms with Crippen molar-refractivity contribution < 1.29 is 18.7 Å². The molecule has 6 heteroatoms. The van der Waals surface area contributed by atoms with E-state index in [-0.39, 0.29) is 18.3 Å². The minimum Gasteiger partial charge on any atom is -0.497 e. The Bertz CT molecular complexity index is 730. The van der Waals surface area contributed by atoms with Gasteiger partial charge >= 0.3 is 0 Å². The largest absolute Gasteiger partial charge is 0.497 e. The van der Waals surface area contributed by atoms with Gasteiger partial charge in [0, 0.05) is 13.0 Å².